The third kappa shape index (κ3) is 2.70. The molecule has 0 saturated heterocycles. The number of benzene rings is 1. The molecule has 0 amide bonds. The molecule has 2 rings (SSSR count). The maximum Gasteiger partial charge on any atom is 0.199 e. The third-order valence-corrected chi connectivity index (χ3v) is 3.42. The van der Waals surface area contributed by atoms with Crippen LogP contribution in [0.4, 0.5) is 14.5 Å². The van der Waals surface area contributed by atoms with Crippen molar-refractivity contribution in [2.24, 2.45) is 7.05 Å². The summed E-state index contributed by atoms with van der Waals surface area (Å²) in [6, 6.07) is 3.23. The molecule has 20 heavy (non-hydrogen) atoms. The second kappa shape index (κ2) is 5.68. The summed E-state index contributed by atoms with van der Waals surface area (Å²) in [6.07, 6.45) is 0. The number of halogens is 2. The molecule has 0 aliphatic carbocycles. The fraction of sp³-hybridized carbons (Fsp3) is 0.333. The van der Waals surface area contributed by atoms with E-state index in [1.54, 1.807) is 18.7 Å². The minimum atomic E-state index is -0.529. The van der Waals surface area contributed by atoms with Crippen molar-refractivity contribution in [1.29, 1.82) is 0 Å². The standard InChI is InChI=1S/C12H14F2N4OS/c1-16(10-5-8(13)3-4-9(10)14)7-18-12(20)17(2)11(6-19)15-18/h3-5,19H,6-7H2,1-2H3. The monoisotopic (exact) mass is 300 g/mol. The van der Waals surface area contributed by atoms with Crippen molar-refractivity contribution in [3.05, 3.63) is 40.4 Å². The van der Waals surface area contributed by atoms with E-state index in [4.69, 9.17) is 17.3 Å². The highest BCUT2D eigenvalue weighted by Crippen LogP contribution is 2.19. The molecule has 0 aliphatic rings. The number of nitrogens with zero attached hydrogens (tertiary/aromatic N) is 4. The number of hydrogen-bond donors (Lipinski definition) is 1. The van der Waals surface area contributed by atoms with Gasteiger partial charge >= 0.3 is 0 Å². The predicted octanol–water partition coefficient (Wildman–Crippen LogP) is 1.82. The second-order valence-corrected chi connectivity index (χ2v) is 4.72. The van der Waals surface area contributed by atoms with Crippen LogP contribution in [0.2, 0.25) is 0 Å². The van der Waals surface area contributed by atoms with Gasteiger partial charge in [-0.25, -0.2) is 13.5 Å². The summed E-state index contributed by atoms with van der Waals surface area (Å²) in [5.74, 6) is -0.643. The molecule has 8 heteroatoms. The van der Waals surface area contributed by atoms with Gasteiger partial charge in [0.15, 0.2) is 10.6 Å². The highest BCUT2D eigenvalue weighted by Gasteiger charge is 2.12. The maximum absolute atomic E-state index is 13.7. The summed E-state index contributed by atoms with van der Waals surface area (Å²) in [5, 5.41) is 13.2. The van der Waals surface area contributed by atoms with Gasteiger partial charge in [0.2, 0.25) is 0 Å². The smallest absolute Gasteiger partial charge is 0.199 e. The van der Waals surface area contributed by atoms with Crippen molar-refractivity contribution in [2.75, 3.05) is 11.9 Å². The van der Waals surface area contributed by atoms with Crippen LogP contribution >= 0.6 is 12.2 Å². The Morgan fingerprint density at radius 2 is 2.10 bits per heavy atom. The van der Waals surface area contributed by atoms with Gasteiger partial charge in [0.1, 0.15) is 24.9 Å². The number of rotatable bonds is 4. The van der Waals surface area contributed by atoms with Crippen molar-refractivity contribution in [3.8, 4) is 0 Å². The lowest BCUT2D eigenvalue weighted by Crippen LogP contribution is -2.23. The van der Waals surface area contributed by atoms with Crippen LogP contribution < -0.4 is 4.90 Å². The zero-order chi connectivity index (χ0) is 14.9. The van der Waals surface area contributed by atoms with Gasteiger partial charge in [-0.3, -0.25) is 0 Å². The Hall–Kier alpha value is -1.80. The Balaban J connectivity index is 2.30. The van der Waals surface area contributed by atoms with Gasteiger partial charge < -0.3 is 14.6 Å². The van der Waals surface area contributed by atoms with Gasteiger partial charge in [0, 0.05) is 20.2 Å². The molecule has 1 N–H and O–H groups in total. The minimum Gasteiger partial charge on any atom is -0.388 e. The van der Waals surface area contributed by atoms with Crippen LogP contribution in [0.25, 0.3) is 0 Å². The summed E-state index contributed by atoms with van der Waals surface area (Å²) in [7, 11) is 3.28. The van der Waals surface area contributed by atoms with Crippen LogP contribution in [0.5, 0.6) is 0 Å². The number of aliphatic hydroxyl groups excluding tert-OH is 1. The molecule has 2 aromatic rings. The van der Waals surface area contributed by atoms with E-state index in [9.17, 15) is 8.78 Å². The topological polar surface area (TPSA) is 46.2 Å². The first kappa shape index (κ1) is 14.6. The lowest BCUT2D eigenvalue weighted by molar-refractivity contribution is 0.265. The molecule has 5 nitrogen and oxygen atoms in total. The Bertz CT molecular complexity index is 683. The number of aliphatic hydroxyl groups is 1. The van der Waals surface area contributed by atoms with E-state index in [0.29, 0.717) is 10.6 Å². The summed E-state index contributed by atoms with van der Waals surface area (Å²) >= 11 is 5.17. The van der Waals surface area contributed by atoms with Crippen LogP contribution in [0.3, 0.4) is 0 Å². The third-order valence-electron chi connectivity index (χ3n) is 2.94. The maximum atomic E-state index is 13.7. The number of anilines is 1. The predicted molar refractivity (Wildman–Crippen MR) is 72.7 cm³/mol. The molecule has 1 aromatic carbocycles. The van der Waals surface area contributed by atoms with Gasteiger partial charge in [-0.2, -0.15) is 5.10 Å². The van der Waals surface area contributed by atoms with Crippen molar-refractivity contribution in [2.45, 2.75) is 13.3 Å². The summed E-state index contributed by atoms with van der Waals surface area (Å²) < 4.78 is 30.2. The molecule has 0 atom stereocenters. The largest absolute Gasteiger partial charge is 0.388 e. The summed E-state index contributed by atoms with van der Waals surface area (Å²) in [5.41, 5.74) is 0.114. The van der Waals surface area contributed by atoms with E-state index < -0.39 is 11.6 Å². The normalized spacial score (nSPS) is 10.8. The van der Waals surface area contributed by atoms with E-state index in [2.05, 4.69) is 5.10 Å². The molecular weight excluding hydrogens is 286 g/mol. The molecule has 0 bridgehead atoms. The van der Waals surface area contributed by atoms with E-state index in [1.807, 2.05) is 0 Å². The average molecular weight is 300 g/mol. The van der Waals surface area contributed by atoms with Crippen LogP contribution in [0, 0.1) is 16.4 Å². The summed E-state index contributed by atoms with van der Waals surface area (Å²) in [4.78, 5) is 1.49. The molecule has 0 aliphatic heterocycles. The molecule has 0 fully saturated rings. The lowest BCUT2D eigenvalue weighted by Gasteiger charge is -2.19. The quantitative estimate of drug-likeness (QED) is 0.875. The number of aromatic nitrogens is 3. The van der Waals surface area contributed by atoms with E-state index in [-0.39, 0.29) is 19.0 Å². The fourth-order valence-corrected chi connectivity index (χ4v) is 2.02. The molecule has 0 saturated carbocycles. The van der Waals surface area contributed by atoms with E-state index in [1.165, 1.54) is 9.58 Å². The Morgan fingerprint density at radius 3 is 2.70 bits per heavy atom. The van der Waals surface area contributed by atoms with E-state index >= 15 is 0 Å². The first-order valence-electron chi connectivity index (χ1n) is 5.83. The second-order valence-electron chi connectivity index (χ2n) is 4.35. The molecule has 1 heterocycles. The molecule has 0 radical (unpaired) electrons. The van der Waals surface area contributed by atoms with Crippen molar-refractivity contribution >= 4 is 17.9 Å². The molecule has 108 valence electrons. The molecular formula is C12H14F2N4OS. The van der Waals surface area contributed by atoms with E-state index in [0.717, 1.165) is 18.2 Å². The van der Waals surface area contributed by atoms with Gasteiger partial charge in [-0.1, -0.05) is 0 Å². The minimum absolute atomic E-state index is 0.114. The van der Waals surface area contributed by atoms with Gasteiger partial charge in [0.25, 0.3) is 0 Å². The molecule has 0 unspecified atom stereocenters. The highest BCUT2D eigenvalue weighted by atomic mass is 32.1. The zero-order valence-corrected chi connectivity index (χ0v) is 11.9. The van der Waals surface area contributed by atoms with Crippen molar-refractivity contribution in [1.82, 2.24) is 14.3 Å². The van der Waals surface area contributed by atoms with Crippen molar-refractivity contribution < 1.29 is 13.9 Å². The van der Waals surface area contributed by atoms with Crippen LogP contribution in [-0.4, -0.2) is 26.5 Å². The van der Waals surface area contributed by atoms with Crippen molar-refractivity contribution in [3.63, 3.8) is 0 Å². The van der Waals surface area contributed by atoms with Gasteiger partial charge in [0.05, 0.1) is 5.69 Å². The van der Waals surface area contributed by atoms with Gasteiger partial charge in [-0.05, 0) is 24.4 Å². The molecule has 1 aromatic heterocycles. The Kier molecular flexibility index (Phi) is 4.15. The van der Waals surface area contributed by atoms with Crippen LogP contribution in [-0.2, 0) is 20.3 Å². The fourth-order valence-electron chi connectivity index (χ4n) is 1.82. The average Bonchev–Trinajstić information content (AvgIpc) is 2.69. The first-order valence-corrected chi connectivity index (χ1v) is 6.24. The zero-order valence-electron chi connectivity index (χ0n) is 11.0. The first-order chi connectivity index (χ1) is 9.43. The number of hydrogen-bond acceptors (Lipinski definition) is 4. The SMILES string of the molecule is CN(Cn1nc(CO)n(C)c1=S)c1cc(F)ccc1F. The Morgan fingerprint density at radius 1 is 1.40 bits per heavy atom. The highest BCUT2D eigenvalue weighted by molar-refractivity contribution is 7.71. The van der Waals surface area contributed by atoms with Crippen LogP contribution in [0.15, 0.2) is 18.2 Å². The lowest BCUT2D eigenvalue weighted by atomic mass is 10.3. The summed E-state index contributed by atoms with van der Waals surface area (Å²) in [6.45, 7) is -0.0990. The Labute approximate surface area is 119 Å². The van der Waals surface area contributed by atoms with Crippen LogP contribution in [0.1, 0.15) is 5.82 Å². The molecule has 0 spiro atoms. The van der Waals surface area contributed by atoms with Gasteiger partial charge in [-0.15, -0.1) is 0 Å².